The molecule has 0 saturated carbocycles. The molecule has 0 aliphatic heterocycles. The number of benzene rings is 1. The number of furan rings is 1. The molecule has 0 fully saturated rings. The first-order valence-electron chi connectivity index (χ1n) is 7.22. The van der Waals surface area contributed by atoms with Crippen molar-refractivity contribution in [3.8, 4) is 0 Å². The number of hydrogen-bond acceptors (Lipinski definition) is 4. The van der Waals surface area contributed by atoms with Crippen LogP contribution in [0.5, 0.6) is 0 Å². The summed E-state index contributed by atoms with van der Waals surface area (Å²) in [5.41, 5.74) is 2.80. The Morgan fingerprint density at radius 1 is 1.26 bits per heavy atom. The zero-order valence-electron chi connectivity index (χ0n) is 13.4. The molecule has 0 aliphatic rings. The molecule has 3 aromatic rings. The Balaban J connectivity index is 2.11. The zero-order chi connectivity index (χ0) is 16.7. The van der Waals surface area contributed by atoms with Crippen molar-refractivity contribution >= 4 is 22.7 Å². The molecule has 2 aromatic heterocycles. The molecule has 1 aromatic carbocycles. The highest BCUT2D eigenvalue weighted by Gasteiger charge is 2.22. The number of nitrogens with zero attached hydrogens (tertiary/aromatic N) is 2. The third-order valence-corrected chi connectivity index (χ3v) is 3.82. The minimum absolute atomic E-state index is 0.178. The fourth-order valence-electron chi connectivity index (χ4n) is 2.52. The van der Waals surface area contributed by atoms with Crippen molar-refractivity contribution in [1.29, 1.82) is 0 Å². The predicted molar refractivity (Wildman–Crippen MR) is 87.9 cm³/mol. The number of carbonyl (C=O) groups is 1. The molecule has 6 nitrogen and oxygen atoms in total. The fraction of sp³-hybridized carbons (Fsp3) is 0.235. The van der Waals surface area contributed by atoms with Crippen molar-refractivity contribution in [2.45, 2.75) is 20.8 Å². The van der Waals surface area contributed by atoms with E-state index in [0.717, 1.165) is 11.1 Å². The van der Waals surface area contributed by atoms with Crippen LogP contribution in [0.3, 0.4) is 0 Å². The number of carbonyl (C=O) groups excluding carboxylic acids is 1. The van der Waals surface area contributed by atoms with Gasteiger partial charge in [-0.3, -0.25) is 9.59 Å². The Bertz CT molecular complexity index is 983. The summed E-state index contributed by atoms with van der Waals surface area (Å²) >= 11 is 0. The van der Waals surface area contributed by atoms with Gasteiger partial charge in [0.15, 0.2) is 0 Å². The number of hydrogen-bond donors (Lipinski definition) is 1. The Labute approximate surface area is 132 Å². The van der Waals surface area contributed by atoms with E-state index in [2.05, 4.69) is 10.3 Å². The van der Waals surface area contributed by atoms with Crippen LogP contribution in [-0.2, 0) is 7.05 Å². The zero-order valence-corrected chi connectivity index (χ0v) is 13.4. The first-order valence-corrected chi connectivity index (χ1v) is 7.22. The van der Waals surface area contributed by atoms with Crippen LogP contribution in [0.1, 0.15) is 27.2 Å². The highest BCUT2D eigenvalue weighted by Crippen LogP contribution is 2.23. The lowest BCUT2D eigenvalue weighted by molar-refractivity contribution is 0.102. The van der Waals surface area contributed by atoms with Crippen LogP contribution in [0.2, 0.25) is 0 Å². The van der Waals surface area contributed by atoms with Crippen molar-refractivity contribution in [3.05, 3.63) is 57.3 Å². The van der Waals surface area contributed by atoms with Gasteiger partial charge in [-0.2, -0.15) is 0 Å². The van der Waals surface area contributed by atoms with E-state index in [9.17, 15) is 9.59 Å². The molecule has 0 bridgehead atoms. The first-order chi connectivity index (χ1) is 10.9. The molecule has 3 rings (SSSR count). The van der Waals surface area contributed by atoms with Gasteiger partial charge >= 0.3 is 0 Å². The average Bonchev–Trinajstić information content (AvgIpc) is 2.84. The van der Waals surface area contributed by atoms with Crippen molar-refractivity contribution < 1.29 is 9.21 Å². The highest BCUT2D eigenvalue weighted by atomic mass is 16.3. The van der Waals surface area contributed by atoms with E-state index >= 15 is 0 Å². The van der Waals surface area contributed by atoms with E-state index < -0.39 is 0 Å². The van der Waals surface area contributed by atoms with Crippen LogP contribution in [0.15, 0.2) is 33.7 Å². The molecule has 1 N–H and O–H groups in total. The summed E-state index contributed by atoms with van der Waals surface area (Å²) in [6.07, 6.45) is 1.37. The van der Waals surface area contributed by atoms with Crippen LogP contribution in [0, 0.1) is 20.8 Å². The quantitative estimate of drug-likeness (QED) is 0.789. The summed E-state index contributed by atoms with van der Waals surface area (Å²) in [5, 5.41) is 3.06. The van der Waals surface area contributed by atoms with Crippen molar-refractivity contribution in [3.63, 3.8) is 0 Å². The fourth-order valence-corrected chi connectivity index (χ4v) is 2.52. The molecule has 23 heavy (non-hydrogen) atoms. The number of aryl methyl sites for hydroxylation is 4. The summed E-state index contributed by atoms with van der Waals surface area (Å²) < 4.78 is 6.79. The molecule has 2 heterocycles. The number of amides is 1. The van der Waals surface area contributed by atoms with E-state index in [1.54, 1.807) is 14.0 Å². The molecule has 6 heteroatoms. The van der Waals surface area contributed by atoms with Crippen LogP contribution < -0.4 is 10.9 Å². The van der Waals surface area contributed by atoms with Gasteiger partial charge in [0.05, 0.1) is 5.56 Å². The van der Waals surface area contributed by atoms with Gasteiger partial charge in [0.2, 0.25) is 5.71 Å². The Kier molecular flexibility index (Phi) is 3.52. The number of nitrogens with one attached hydrogen (secondary N) is 1. The highest BCUT2D eigenvalue weighted by molar-refractivity contribution is 6.12. The molecule has 0 saturated heterocycles. The lowest BCUT2D eigenvalue weighted by Crippen LogP contribution is -2.20. The Morgan fingerprint density at radius 2 is 2.00 bits per heavy atom. The second kappa shape index (κ2) is 5.39. The summed E-state index contributed by atoms with van der Waals surface area (Å²) in [5.74, 6) is -0.00124. The standard InChI is InChI=1S/C17H17N3O3/c1-9-5-6-10(2)12(7-9)19-15(21)13-11(3)23-16-14(13)17(22)20(4)8-18-16/h5-8H,1-4H3,(H,19,21). The smallest absolute Gasteiger partial charge is 0.265 e. The molecular formula is C17H17N3O3. The maximum atomic E-state index is 12.7. The molecule has 0 aliphatic carbocycles. The predicted octanol–water partition coefficient (Wildman–Crippen LogP) is 2.70. The Hall–Kier alpha value is -2.89. The minimum atomic E-state index is -0.375. The third-order valence-electron chi connectivity index (χ3n) is 3.82. The largest absolute Gasteiger partial charge is 0.442 e. The van der Waals surface area contributed by atoms with Gasteiger partial charge in [0.1, 0.15) is 17.5 Å². The van der Waals surface area contributed by atoms with Gasteiger partial charge in [-0.25, -0.2) is 4.98 Å². The maximum Gasteiger partial charge on any atom is 0.265 e. The van der Waals surface area contributed by atoms with E-state index in [1.807, 2.05) is 32.0 Å². The monoisotopic (exact) mass is 311 g/mol. The first kappa shape index (κ1) is 15.0. The lowest BCUT2D eigenvalue weighted by atomic mass is 10.1. The van der Waals surface area contributed by atoms with Crippen LogP contribution in [0.4, 0.5) is 5.69 Å². The molecule has 0 radical (unpaired) electrons. The van der Waals surface area contributed by atoms with E-state index in [1.165, 1.54) is 10.9 Å². The normalized spacial score (nSPS) is 11.0. The van der Waals surface area contributed by atoms with E-state index in [0.29, 0.717) is 11.4 Å². The van der Waals surface area contributed by atoms with Gasteiger partial charge < -0.3 is 14.3 Å². The van der Waals surface area contributed by atoms with Crippen molar-refractivity contribution in [1.82, 2.24) is 9.55 Å². The van der Waals surface area contributed by atoms with Crippen molar-refractivity contribution in [2.24, 2.45) is 7.05 Å². The maximum absolute atomic E-state index is 12.7. The van der Waals surface area contributed by atoms with E-state index in [-0.39, 0.29) is 28.1 Å². The summed E-state index contributed by atoms with van der Waals surface area (Å²) in [6.45, 7) is 5.52. The van der Waals surface area contributed by atoms with E-state index in [4.69, 9.17) is 4.42 Å². The van der Waals surface area contributed by atoms with Crippen LogP contribution in [-0.4, -0.2) is 15.5 Å². The molecule has 0 spiro atoms. The van der Waals surface area contributed by atoms with Gasteiger partial charge in [-0.05, 0) is 38.0 Å². The third kappa shape index (κ3) is 2.52. The van der Waals surface area contributed by atoms with Crippen LogP contribution >= 0.6 is 0 Å². The lowest BCUT2D eigenvalue weighted by Gasteiger charge is -2.09. The summed E-state index contributed by atoms with van der Waals surface area (Å²) in [4.78, 5) is 29.1. The molecule has 0 atom stereocenters. The average molecular weight is 311 g/mol. The SMILES string of the molecule is Cc1ccc(C)c(NC(=O)c2c(C)oc3ncn(C)c(=O)c23)c1. The van der Waals surface area contributed by atoms with Crippen molar-refractivity contribution in [2.75, 3.05) is 5.32 Å². The van der Waals surface area contributed by atoms with Crippen LogP contribution in [0.25, 0.3) is 11.1 Å². The second-order valence-electron chi connectivity index (χ2n) is 5.65. The molecule has 0 unspecified atom stereocenters. The number of aromatic nitrogens is 2. The van der Waals surface area contributed by atoms with Gasteiger partial charge in [0.25, 0.3) is 11.5 Å². The molecule has 1 amide bonds. The summed E-state index contributed by atoms with van der Waals surface area (Å²) in [6, 6.07) is 5.80. The molecule has 118 valence electrons. The summed E-state index contributed by atoms with van der Waals surface area (Å²) in [7, 11) is 1.59. The Morgan fingerprint density at radius 3 is 2.74 bits per heavy atom. The number of rotatable bonds is 2. The number of anilines is 1. The number of fused-ring (bicyclic) bond motifs is 1. The second-order valence-corrected chi connectivity index (χ2v) is 5.65. The van der Waals surface area contributed by atoms with Gasteiger partial charge in [-0.15, -0.1) is 0 Å². The van der Waals surface area contributed by atoms with Gasteiger partial charge in [-0.1, -0.05) is 12.1 Å². The van der Waals surface area contributed by atoms with Gasteiger partial charge in [0, 0.05) is 12.7 Å². The topological polar surface area (TPSA) is 77.1 Å². The minimum Gasteiger partial charge on any atom is -0.442 e. The molecular weight excluding hydrogens is 294 g/mol.